The van der Waals surface area contributed by atoms with Crippen molar-refractivity contribution in [1.82, 2.24) is 15.0 Å². The Morgan fingerprint density at radius 1 is 1.43 bits per heavy atom. The van der Waals surface area contributed by atoms with Crippen LogP contribution in [-0.4, -0.2) is 32.9 Å². The van der Waals surface area contributed by atoms with E-state index in [-0.39, 0.29) is 12.6 Å². The third kappa shape index (κ3) is 3.18. The second-order valence-corrected chi connectivity index (χ2v) is 7.32. The van der Waals surface area contributed by atoms with Gasteiger partial charge in [-0.25, -0.2) is 15.0 Å². The number of anilines is 1. The summed E-state index contributed by atoms with van der Waals surface area (Å²) in [4.78, 5) is 14.2. The Labute approximate surface area is 134 Å². The predicted molar refractivity (Wildman–Crippen MR) is 89.4 cm³/mol. The Morgan fingerprint density at radius 2 is 2.33 bits per heavy atom. The highest BCUT2D eigenvalue weighted by molar-refractivity contribution is 8.00. The van der Waals surface area contributed by atoms with Crippen LogP contribution in [0.5, 0.6) is 0 Å². The molecule has 1 unspecified atom stereocenters. The molecule has 3 rings (SSSR count). The van der Waals surface area contributed by atoms with Crippen molar-refractivity contribution < 1.29 is 5.11 Å². The number of nitrogens with zero attached hydrogens (tertiary/aromatic N) is 3. The normalized spacial score (nSPS) is 12.7. The summed E-state index contributed by atoms with van der Waals surface area (Å²) in [5, 5.41) is 14.7. The maximum absolute atomic E-state index is 9.29. The molecule has 110 valence electrons. The van der Waals surface area contributed by atoms with Crippen molar-refractivity contribution in [2.75, 3.05) is 18.2 Å². The molecule has 0 aliphatic heterocycles. The molecule has 3 aromatic heterocycles. The first kappa shape index (κ1) is 14.7. The molecule has 0 saturated carbocycles. The molecule has 0 radical (unpaired) electrons. The maximum atomic E-state index is 9.29. The SMILES string of the molecule is CSc1nc2ncnc(NC(CCO)c3cccs3)c2s1. The van der Waals surface area contributed by atoms with Crippen LogP contribution in [0.25, 0.3) is 10.3 Å². The largest absolute Gasteiger partial charge is 0.396 e. The average Bonchev–Trinajstić information content (AvgIpc) is 3.16. The summed E-state index contributed by atoms with van der Waals surface area (Å²) in [6.07, 6.45) is 4.16. The van der Waals surface area contributed by atoms with Gasteiger partial charge in [0.25, 0.3) is 0 Å². The maximum Gasteiger partial charge on any atom is 0.176 e. The molecule has 2 N–H and O–H groups in total. The number of thiazole rings is 1. The summed E-state index contributed by atoms with van der Waals surface area (Å²) in [5.74, 6) is 0.782. The van der Waals surface area contributed by atoms with Crippen molar-refractivity contribution in [3.63, 3.8) is 0 Å². The van der Waals surface area contributed by atoms with E-state index >= 15 is 0 Å². The highest BCUT2D eigenvalue weighted by atomic mass is 32.2. The molecule has 0 aliphatic carbocycles. The van der Waals surface area contributed by atoms with Crippen molar-refractivity contribution in [2.45, 2.75) is 16.8 Å². The fraction of sp³-hybridized carbons (Fsp3) is 0.308. The van der Waals surface area contributed by atoms with Crippen LogP contribution in [0.4, 0.5) is 5.82 Å². The van der Waals surface area contributed by atoms with Crippen LogP contribution in [-0.2, 0) is 0 Å². The lowest BCUT2D eigenvalue weighted by molar-refractivity contribution is 0.280. The number of thioether (sulfide) groups is 1. The first-order valence-corrected chi connectivity index (χ1v) is 9.30. The lowest BCUT2D eigenvalue weighted by Gasteiger charge is -2.17. The Balaban J connectivity index is 1.93. The van der Waals surface area contributed by atoms with Gasteiger partial charge in [-0.2, -0.15) is 0 Å². The summed E-state index contributed by atoms with van der Waals surface area (Å²) in [6, 6.07) is 4.13. The average molecular weight is 338 g/mol. The van der Waals surface area contributed by atoms with E-state index < -0.39 is 0 Å². The number of aliphatic hydroxyl groups is 1. The number of hydrogen-bond acceptors (Lipinski definition) is 8. The zero-order valence-electron chi connectivity index (χ0n) is 11.3. The van der Waals surface area contributed by atoms with Gasteiger partial charge >= 0.3 is 0 Å². The van der Waals surface area contributed by atoms with E-state index in [1.165, 1.54) is 11.2 Å². The van der Waals surface area contributed by atoms with Crippen LogP contribution in [0.2, 0.25) is 0 Å². The van der Waals surface area contributed by atoms with Crippen molar-refractivity contribution >= 4 is 50.6 Å². The van der Waals surface area contributed by atoms with Gasteiger partial charge in [0.2, 0.25) is 0 Å². The van der Waals surface area contributed by atoms with Gasteiger partial charge in [-0.1, -0.05) is 17.8 Å². The molecule has 0 amide bonds. The Kier molecular flexibility index (Phi) is 4.69. The number of aliphatic hydroxyl groups excluding tert-OH is 1. The molecule has 3 aromatic rings. The highest BCUT2D eigenvalue weighted by Gasteiger charge is 2.16. The van der Waals surface area contributed by atoms with E-state index in [0.717, 1.165) is 20.5 Å². The summed E-state index contributed by atoms with van der Waals surface area (Å²) in [5.41, 5.74) is 0.718. The molecule has 0 saturated heterocycles. The number of nitrogens with one attached hydrogen (secondary N) is 1. The van der Waals surface area contributed by atoms with Crippen LogP contribution in [0.3, 0.4) is 0 Å². The lowest BCUT2D eigenvalue weighted by Crippen LogP contribution is -2.12. The zero-order valence-corrected chi connectivity index (χ0v) is 13.8. The molecule has 0 aliphatic rings. The quantitative estimate of drug-likeness (QED) is 0.671. The van der Waals surface area contributed by atoms with Crippen molar-refractivity contribution in [1.29, 1.82) is 0 Å². The third-order valence-corrected chi connectivity index (χ3v) is 5.98. The Morgan fingerprint density at radius 3 is 3.05 bits per heavy atom. The highest BCUT2D eigenvalue weighted by Crippen LogP contribution is 2.33. The van der Waals surface area contributed by atoms with Gasteiger partial charge in [-0.3, -0.25) is 0 Å². The Hall–Kier alpha value is -1.22. The first-order chi connectivity index (χ1) is 10.3. The minimum Gasteiger partial charge on any atom is -0.396 e. The molecule has 0 spiro atoms. The summed E-state index contributed by atoms with van der Waals surface area (Å²) < 4.78 is 1.93. The van der Waals surface area contributed by atoms with Crippen molar-refractivity contribution in [2.24, 2.45) is 0 Å². The summed E-state index contributed by atoms with van der Waals surface area (Å²) >= 11 is 4.86. The van der Waals surface area contributed by atoms with Crippen molar-refractivity contribution in [3.8, 4) is 0 Å². The minimum atomic E-state index is 0.0490. The van der Waals surface area contributed by atoms with E-state index in [9.17, 15) is 5.11 Å². The van der Waals surface area contributed by atoms with Crippen LogP contribution in [0, 0.1) is 0 Å². The van der Waals surface area contributed by atoms with E-state index in [0.29, 0.717) is 6.42 Å². The van der Waals surface area contributed by atoms with Gasteiger partial charge in [0.05, 0.1) is 6.04 Å². The number of rotatable bonds is 6. The molecule has 0 bridgehead atoms. The van der Waals surface area contributed by atoms with E-state index in [1.807, 2.05) is 17.7 Å². The van der Waals surface area contributed by atoms with E-state index in [1.54, 1.807) is 34.4 Å². The molecule has 21 heavy (non-hydrogen) atoms. The minimum absolute atomic E-state index is 0.0490. The standard InChI is InChI=1S/C13H14N4OS3/c1-19-13-17-12-10(21-13)11(14-7-15-12)16-8(4-5-18)9-3-2-6-20-9/h2-3,6-8,18H,4-5H2,1H3,(H,14,15,16). The van der Waals surface area contributed by atoms with Gasteiger partial charge in [-0.15, -0.1) is 22.7 Å². The summed E-state index contributed by atoms with van der Waals surface area (Å²) in [7, 11) is 0. The molecule has 8 heteroatoms. The Bertz CT molecular complexity index is 713. The molecule has 0 fully saturated rings. The van der Waals surface area contributed by atoms with Crippen LogP contribution < -0.4 is 5.32 Å². The lowest BCUT2D eigenvalue weighted by atomic mass is 10.2. The van der Waals surface area contributed by atoms with Gasteiger partial charge in [0.1, 0.15) is 16.8 Å². The molecule has 3 heterocycles. The van der Waals surface area contributed by atoms with Crippen LogP contribution in [0.1, 0.15) is 17.3 Å². The first-order valence-electron chi connectivity index (χ1n) is 6.38. The smallest absolute Gasteiger partial charge is 0.176 e. The fourth-order valence-corrected chi connectivity index (χ4v) is 4.27. The van der Waals surface area contributed by atoms with Crippen molar-refractivity contribution in [3.05, 3.63) is 28.7 Å². The van der Waals surface area contributed by atoms with Gasteiger partial charge in [-0.05, 0) is 24.1 Å². The topological polar surface area (TPSA) is 70.9 Å². The molecule has 0 aromatic carbocycles. The van der Waals surface area contributed by atoms with Gasteiger partial charge < -0.3 is 10.4 Å². The fourth-order valence-electron chi connectivity index (χ4n) is 1.99. The number of aromatic nitrogens is 3. The molecule has 1 atom stereocenters. The predicted octanol–water partition coefficient (Wildman–Crippen LogP) is 3.41. The van der Waals surface area contributed by atoms with Gasteiger partial charge in [0, 0.05) is 11.5 Å². The number of thiophene rings is 1. The third-order valence-electron chi connectivity index (χ3n) is 2.96. The number of fused-ring (bicyclic) bond motifs is 1. The van der Waals surface area contributed by atoms with Gasteiger partial charge in [0.15, 0.2) is 9.99 Å². The zero-order chi connectivity index (χ0) is 14.7. The molecule has 5 nitrogen and oxygen atoms in total. The second-order valence-electron chi connectivity index (χ2n) is 4.28. The second kappa shape index (κ2) is 6.69. The molecular weight excluding hydrogens is 324 g/mol. The molecular formula is C13H14N4OS3. The number of hydrogen-bond donors (Lipinski definition) is 2. The monoisotopic (exact) mass is 338 g/mol. The summed E-state index contributed by atoms with van der Waals surface area (Å²) in [6.45, 7) is 0.128. The van der Waals surface area contributed by atoms with Crippen LogP contribution >= 0.6 is 34.4 Å². The van der Waals surface area contributed by atoms with E-state index in [2.05, 4.69) is 26.3 Å². The van der Waals surface area contributed by atoms with E-state index in [4.69, 9.17) is 0 Å². The van der Waals surface area contributed by atoms with Crippen LogP contribution in [0.15, 0.2) is 28.2 Å².